The number of aryl methyl sites for hydroxylation is 2. The number of benzene rings is 1. The zero-order chi connectivity index (χ0) is 29.1. The van der Waals surface area contributed by atoms with Gasteiger partial charge in [-0.1, -0.05) is 6.07 Å². The van der Waals surface area contributed by atoms with Crippen molar-refractivity contribution < 1.29 is 4.79 Å². The van der Waals surface area contributed by atoms with Crippen molar-refractivity contribution in [3.63, 3.8) is 0 Å². The number of rotatable bonds is 6. The molecule has 1 atom stereocenters. The molecular formula is C32H28N10O. The van der Waals surface area contributed by atoms with Crippen LogP contribution in [0.2, 0.25) is 0 Å². The van der Waals surface area contributed by atoms with Gasteiger partial charge in [-0.25, -0.2) is 15.0 Å². The smallest absolute Gasteiger partial charge is 0.253 e. The number of carbonyl (C=O) groups is 1. The maximum atomic E-state index is 13.3. The Labute approximate surface area is 246 Å². The lowest BCUT2D eigenvalue weighted by Crippen LogP contribution is -2.28. The normalized spacial score (nSPS) is 16.0. The second-order valence-electron chi connectivity index (χ2n) is 11.1. The van der Waals surface area contributed by atoms with E-state index in [-0.39, 0.29) is 11.9 Å². The Bertz CT molecular complexity index is 2030. The van der Waals surface area contributed by atoms with Crippen LogP contribution in [0.4, 0.5) is 5.82 Å². The van der Waals surface area contributed by atoms with Gasteiger partial charge < -0.3 is 11.1 Å². The summed E-state index contributed by atoms with van der Waals surface area (Å²) in [7, 11) is 0. The van der Waals surface area contributed by atoms with Crippen molar-refractivity contribution in [2.24, 2.45) is 0 Å². The van der Waals surface area contributed by atoms with Crippen LogP contribution in [0.15, 0.2) is 73.2 Å². The second kappa shape index (κ2) is 9.83. The van der Waals surface area contributed by atoms with E-state index in [1.54, 1.807) is 18.6 Å². The molecule has 0 unspecified atom stereocenters. The van der Waals surface area contributed by atoms with E-state index >= 15 is 0 Å². The van der Waals surface area contributed by atoms with Crippen molar-refractivity contribution >= 4 is 22.9 Å². The first-order chi connectivity index (χ1) is 21.0. The molecule has 2 aliphatic rings. The van der Waals surface area contributed by atoms with Crippen molar-refractivity contribution in [2.75, 3.05) is 5.73 Å². The van der Waals surface area contributed by atoms with Crippen LogP contribution in [0.3, 0.4) is 0 Å². The molecule has 1 fully saturated rings. The maximum Gasteiger partial charge on any atom is 0.253 e. The lowest BCUT2D eigenvalue weighted by Gasteiger charge is -2.16. The highest BCUT2D eigenvalue weighted by molar-refractivity contribution is 5.95. The summed E-state index contributed by atoms with van der Waals surface area (Å²) in [6.07, 6.45) is 8.90. The van der Waals surface area contributed by atoms with E-state index < -0.39 is 0 Å². The van der Waals surface area contributed by atoms with E-state index in [4.69, 9.17) is 20.7 Å². The summed E-state index contributed by atoms with van der Waals surface area (Å²) in [5.74, 6) is 2.06. The first-order valence-electron chi connectivity index (χ1n) is 14.4. The second-order valence-corrected chi connectivity index (χ2v) is 11.1. The van der Waals surface area contributed by atoms with Crippen molar-refractivity contribution in [3.05, 3.63) is 101 Å². The number of nitrogens with zero attached hydrogens (tertiary/aromatic N) is 8. The first kappa shape index (κ1) is 25.3. The minimum absolute atomic E-state index is 0.0809. The van der Waals surface area contributed by atoms with Crippen LogP contribution >= 0.6 is 0 Å². The van der Waals surface area contributed by atoms with E-state index in [1.807, 2.05) is 54.0 Å². The third-order valence-corrected chi connectivity index (χ3v) is 8.31. The van der Waals surface area contributed by atoms with Crippen LogP contribution in [-0.2, 0) is 6.42 Å². The molecule has 2 aliphatic carbocycles. The number of carbonyl (C=O) groups excluding carboxylic acids is 1. The summed E-state index contributed by atoms with van der Waals surface area (Å²) in [4.78, 5) is 33.6. The lowest BCUT2D eigenvalue weighted by molar-refractivity contribution is 0.0935. The van der Waals surface area contributed by atoms with Crippen LogP contribution in [0.5, 0.6) is 0 Å². The molecular weight excluding hydrogens is 540 g/mol. The number of fused-ring (bicyclic) bond motifs is 2. The fraction of sp³-hybridized carbons (Fsp3) is 0.219. The molecule has 6 aromatic rings. The van der Waals surface area contributed by atoms with Crippen LogP contribution < -0.4 is 11.1 Å². The molecule has 11 heteroatoms. The number of pyridine rings is 3. The van der Waals surface area contributed by atoms with E-state index in [2.05, 4.69) is 32.6 Å². The Kier molecular flexibility index (Phi) is 5.78. The van der Waals surface area contributed by atoms with Gasteiger partial charge in [0.05, 0.1) is 35.3 Å². The Balaban J connectivity index is 1.16. The van der Waals surface area contributed by atoms with Crippen molar-refractivity contribution in [1.29, 1.82) is 0 Å². The predicted molar refractivity (Wildman–Crippen MR) is 161 cm³/mol. The molecule has 5 heterocycles. The van der Waals surface area contributed by atoms with Crippen molar-refractivity contribution in [3.8, 4) is 22.9 Å². The quantitative estimate of drug-likeness (QED) is 0.296. The zero-order valence-electron chi connectivity index (χ0n) is 23.5. The molecule has 43 heavy (non-hydrogen) atoms. The van der Waals surface area contributed by atoms with E-state index in [0.29, 0.717) is 45.7 Å². The summed E-state index contributed by atoms with van der Waals surface area (Å²) in [6.45, 7) is 1.92. The number of nitrogens with two attached hydrogens (primary N) is 1. The number of amides is 1. The maximum absolute atomic E-state index is 13.3. The van der Waals surface area contributed by atoms with Crippen LogP contribution in [0.25, 0.3) is 34.1 Å². The van der Waals surface area contributed by atoms with Gasteiger partial charge in [-0.2, -0.15) is 10.2 Å². The van der Waals surface area contributed by atoms with Gasteiger partial charge in [0.15, 0.2) is 17.3 Å². The minimum Gasteiger partial charge on any atom is -0.383 e. The minimum atomic E-state index is -0.0897. The molecule has 3 N–H and O–H groups in total. The van der Waals surface area contributed by atoms with Gasteiger partial charge in [0, 0.05) is 23.5 Å². The molecule has 5 aromatic heterocycles. The average Bonchev–Trinajstić information content (AvgIpc) is 3.40. The predicted octanol–water partition coefficient (Wildman–Crippen LogP) is 4.64. The van der Waals surface area contributed by atoms with Gasteiger partial charge in [0.1, 0.15) is 11.3 Å². The van der Waals surface area contributed by atoms with E-state index in [1.165, 1.54) is 23.2 Å². The number of nitrogens with one attached hydrogen (secondary N) is 1. The molecule has 0 spiro atoms. The average molecular weight is 569 g/mol. The summed E-state index contributed by atoms with van der Waals surface area (Å²) >= 11 is 0. The van der Waals surface area contributed by atoms with Gasteiger partial charge in [-0.15, -0.1) is 4.80 Å². The lowest BCUT2D eigenvalue weighted by atomic mass is 10.1. The molecule has 8 rings (SSSR count). The Hall–Kier alpha value is -5.45. The topological polar surface area (TPSA) is 142 Å². The van der Waals surface area contributed by atoms with Gasteiger partial charge in [0.2, 0.25) is 0 Å². The number of nitrogen functional groups attached to an aromatic ring is 1. The first-order valence-corrected chi connectivity index (χ1v) is 14.4. The fourth-order valence-corrected chi connectivity index (χ4v) is 5.98. The highest BCUT2D eigenvalue weighted by Gasteiger charge is 2.28. The van der Waals surface area contributed by atoms with Crippen LogP contribution in [0, 0.1) is 6.92 Å². The largest absolute Gasteiger partial charge is 0.383 e. The summed E-state index contributed by atoms with van der Waals surface area (Å²) in [5, 5.41) is 11.7. The summed E-state index contributed by atoms with van der Waals surface area (Å²) in [6, 6.07) is 17.6. The van der Waals surface area contributed by atoms with Crippen molar-refractivity contribution in [1.82, 2.24) is 44.8 Å². The Morgan fingerprint density at radius 3 is 2.60 bits per heavy atom. The molecule has 0 saturated heterocycles. The number of anilines is 1. The van der Waals surface area contributed by atoms with E-state index in [9.17, 15) is 4.79 Å². The third kappa shape index (κ3) is 4.40. The van der Waals surface area contributed by atoms with Gasteiger partial charge in [-0.3, -0.25) is 14.3 Å². The molecule has 1 aromatic carbocycles. The molecule has 0 bridgehead atoms. The third-order valence-electron chi connectivity index (χ3n) is 8.31. The van der Waals surface area contributed by atoms with Crippen LogP contribution in [-0.4, -0.2) is 45.4 Å². The highest BCUT2D eigenvalue weighted by Crippen LogP contribution is 2.39. The van der Waals surface area contributed by atoms with E-state index in [0.717, 1.165) is 35.5 Å². The Morgan fingerprint density at radius 1 is 0.953 bits per heavy atom. The van der Waals surface area contributed by atoms with Gasteiger partial charge in [-0.05, 0) is 92.3 Å². The molecule has 0 aliphatic heterocycles. The Morgan fingerprint density at radius 2 is 1.81 bits per heavy atom. The summed E-state index contributed by atoms with van der Waals surface area (Å²) < 4.78 is 2.00. The van der Waals surface area contributed by atoms with Gasteiger partial charge in [0.25, 0.3) is 5.91 Å². The molecule has 1 amide bonds. The highest BCUT2D eigenvalue weighted by atomic mass is 16.1. The van der Waals surface area contributed by atoms with Crippen LogP contribution in [0.1, 0.15) is 64.1 Å². The standard InChI is InChI=1S/C32H28N10O/c1-18-22(9-11-25(37-18)19-4-5-19)32(43)39-26-10-6-20-17-21(7-8-23(20)26)41-30(24-3-2-14-34-29(24)33)38-27-12-13-28(40-31(27)41)42-35-15-16-36-42/h2-3,7-9,11-17,19,26H,4-6,10H2,1H3,(H2,33,34)(H,39,43)/t26-/m0/s1. The zero-order valence-corrected chi connectivity index (χ0v) is 23.5. The number of hydrogen-bond acceptors (Lipinski definition) is 8. The molecule has 11 nitrogen and oxygen atoms in total. The summed E-state index contributed by atoms with van der Waals surface area (Å²) in [5.41, 5.74) is 14.0. The molecule has 1 saturated carbocycles. The number of hydrogen-bond donors (Lipinski definition) is 2. The van der Waals surface area contributed by atoms with Gasteiger partial charge >= 0.3 is 0 Å². The number of imidazole rings is 1. The SMILES string of the molecule is Cc1nc(C2CC2)ccc1C(=O)N[C@H]1CCc2cc(-n3c(-c4cccnc4N)nc4ccc(-n5nccn5)nc43)ccc21. The van der Waals surface area contributed by atoms with Crippen molar-refractivity contribution in [2.45, 2.75) is 44.6 Å². The number of aromatic nitrogens is 8. The fourth-order valence-electron chi connectivity index (χ4n) is 5.98. The molecule has 212 valence electrons. The monoisotopic (exact) mass is 568 g/mol. The molecule has 0 radical (unpaired) electrons.